The molecule has 3 rings (SSSR count). The first-order valence-electron chi connectivity index (χ1n) is 7.64. The normalized spacial score (nSPS) is 12.2. The van der Waals surface area contributed by atoms with Gasteiger partial charge in [0, 0.05) is 16.3 Å². The van der Waals surface area contributed by atoms with Gasteiger partial charge in [0.15, 0.2) is 0 Å². The Balaban J connectivity index is 2.14. The fourth-order valence-corrected chi connectivity index (χ4v) is 4.70. The highest BCUT2D eigenvalue weighted by molar-refractivity contribution is 7.77. The van der Waals surface area contributed by atoms with E-state index in [0.717, 1.165) is 5.56 Å². The minimum Gasteiger partial charge on any atom is -0.288 e. The minimum absolute atomic E-state index is 0.305. The largest absolute Gasteiger partial charge is 0.288 e. The molecule has 0 aliphatic carbocycles. The van der Waals surface area contributed by atoms with Crippen molar-refractivity contribution in [3.05, 3.63) is 96.3 Å². The molecule has 0 bridgehead atoms. The summed E-state index contributed by atoms with van der Waals surface area (Å²) in [6.07, 6.45) is 0. The average molecular weight is 337 g/mol. The predicted octanol–water partition coefficient (Wildman–Crippen LogP) is 4.56. The smallest absolute Gasteiger partial charge is 0.247 e. The molecule has 0 spiro atoms. The van der Waals surface area contributed by atoms with Gasteiger partial charge in [-0.25, -0.2) is 9.15 Å². The van der Waals surface area contributed by atoms with Crippen molar-refractivity contribution in [1.82, 2.24) is 0 Å². The Morgan fingerprint density at radius 3 is 1.71 bits per heavy atom. The fraction of sp³-hybridized carbons (Fsp3) is 0.0500. The zero-order valence-electron chi connectivity index (χ0n) is 13.3. The van der Waals surface area contributed by atoms with Gasteiger partial charge in [-0.2, -0.15) is 0 Å². The lowest BCUT2D eigenvalue weighted by Crippen LogP contribution is -2.15. The van der Waals surface area contributed by atoms with Gasteiger partial charge in [0.2, 0.25) is 7.29 Å². The van der Waals surface area contributed by atoms with E-state index in [1.54, 1.807) is 19.1 Å². The molecule has 0 amide bonds. The van der Waals surface area contributed by atoms with E-state index >= 15 is 0 Å². The van der Waals surface area contributed by atoms with E-state index in [0.29, 0.717) is 16.3 Å². The Morgan fingerprint density at radius 2 is 1.25 bits per heavy atom. The second kappa shape index (κ2) is 6.94. The Morgan fingerprint density at radius 1 is 0.792 bits per heavy atom. The van der Waals surface area contributed by atoms with Gasteiger partial charge in [0.25, 0.3) is 0 Å². The first kappa shape index (κ1) is 16.4. The average Bonchev–Trinajstić information content (AvgIpc) is 2.63. The Bertz CT molecular complexity index is 846. The van der Waals surface area contributed by atoms with Crippen molar-refractivity contribution >= 4 is 23.6 Å². The zero-order chi connectivity index (χ0) is 17.0. The van der Waals surface area contributed by atoms with E-state index in [4.69, 9.17) is 0 Å². The van der Waals surface area contributed by atoms with Crippen LogP contribution in [-0.2, 0) is 4.57 Å². The predicted molar refractivity (Wildman–Crippen MR) is 98.4 cm³/mol. The molecule has 0 radical (unpaired) electrons. The van der Waals surface area contributed by atoms with Gasteiger partial charge in [-0.1, -0.05) is 48.5 Å². The maximum atomic E-state index is 13.8. The summed E-state index contributed by atoms with van der Waals surface area (Å²) in [4.78, 5) is 0. The number of rotatable bonds is 4. The number of nitrogens with zero attached hydrogens (tertiary/aromatic N) is 1. The zero-order valence-corrected chi connectivity index (χ0v) is 14.2. The molecule has 0 saturated carbocycles. The van der Waals surface area contributed by atoms with E-state index in [-0.39, 0.29) is 5.82 Å². The van der Waals surface area contributed by atoms with Crippen molar-refractivity contribution in [1.29, 1.82) is 0 Å². The van der Waals surface area contributed by atoms with E-state index < -0.39 is 7.29 Å². The van der Waals surface area contributed by atoms with Gasteiger partial charge < -0.3 is 0 Å². The van der Waals surface area contributed by atoms with Crippen LogP contribution in [0, 0.1) is 5.82 Å². The highest BCUT2D eigenvalue weighted by Gasteiger charge is 2.26. The molecule has 0 atom stereocenters. The third kappa shape index (κ3) is 3.37. The van der Waals surface area contributed by atoms with Crippen LogP contribution in [-0.4, -0.2) is 5.71 Å². The molecular formula is C20H17FNOP. The standard InChI is InChI=1S/C20H17FNOP/c1-16(17-12-14-18(21)15-13-17)22-24(23,19-8-4-2-5-9-19)20-10-6-3-7-11-20/h2-15H,1H3/b22-16+. The van der Waals surface area contributed by atoms with Gasteiger partial charge in [-0.15, -0.1) is 0 Å². The van der Waals surface area contributed by atoms with Crippen LogP contribution in [0.15, 0.2) is 89.7 Å². The molecule has 24 heavy (non-hydrogen) atoms. The molecule has 2 nitrogen and oxygen atoms in total. The topological polar surface area (TPSA) is 29.4 Å². The number of hydrogen-bond donors (Lipinski definition) is 0. The van der Waals surface area contributed by atoms with Crippen LogP contribution in [0.4, 0.5) is 4.39 Å². The van der Waals surface area contributed by atoms with Crippen LogP contribution in [0.2, 0.25) is 0 Å². The van der Waals surface area contributed by atoms with Gasteiger partial charge in [-0.3, -0.25) is 4.57 Å². The maximum absolute atomic E-state index is 13.8. The van der Waals surface area contributed by atoms with Crippen molar-refractivity contribution in [3.8, 4) is 0 Å². The summed E-state index contributed by atoms with van der Waals surface area (Å²) >= 11 is 0. The summed E-state index contributed by atoms with van der Waals surface area (Å²) in [7, 11) is -3.16. The van der Waals surface area contributed by atoms with Crippen LogP contribution < -0.4 is 10.6 Å². The maximum Gasteiger partial charge on any atom is 0.247 e. The second-order valence-electron chi connectivity index (χ2n) is 5.44. The first-order chi connectivity index (χ1) is 11.6. The Labute approximate surface area is 141 Å². The van der Waals surface area contributed by atoms with Crippen LogP contribution in [0.1, 0.15) is 12.5 Å². The molecule has 0 aliphatic heterocycles. The molecule has 0 aliphatic rings. The second-order valence-corrected chi connectivity index (χ2v) is 7.82. The van der Waals surface area contributed by atoms with E-state index in [9.17, 15) is 8.96 Å². The highest BCUT2D eigenvalue weighted by Crippen LogP contribution is 2.45. The molecule has 0 N–H and O–H groups in total. The Hall–Kier alpha value is -2.51. The molecule has 120 valence electrons. The molecular weight excluding hydrogens is 320 g/mol. The Kier molecular flexibility index (Phi) is 4.73. The lowest BCUT2D eigenvalue weighted by atomic mass is 10.1. The molecule has 0 saturated heterocycles. The van der Waals surface area contributed by atoms with Crippen molar-refractivity contribution in [2.24, 2.45) is 4.76 Å². The quantitative estimate of drug-likeness (QED) is 0.507. The lowest BCUT2D eigenvalue weighted by molar-refractivity contribution is 0.588. The van der Waals surface area contributed by atoms with Gasteiger partial charge in [0.05, 0.1) is 0 Å². The minimum atomic E-state index is -3.16. The summed E-state index contributed by atoms with van der Waals surface area (Å²) in [6.45, 7) is 1.80. The fourth-order valence-electron chi connectivity index (χ4n) is 2.48. The van der Waals surface area contributed by atoms with Crippen LogP contribution in [0.5, 0.6) is 0 Å². The SMILES string of the molecule is C/C(=N\P(=O)(c1ccccc1)c1ccccc1)c1ccc(F)cc1. The van der Waals surface area contributed by atoms with Crippen molar-refractivity contribution in [2.45, 2.75) is 6.92 Å². The van der Waals surface area contributed by atoms with Gasteiger partial charge in [-0.05, 0) is 48.9 Å². The number of halogens is 1. The first-order valence-corrected chi connectivity index (χ1v) is 9.29. The van der Waals surface area contributed by atoms with Crippen molar-refractivity contribution in [3.63, 3.8) is 0 Å². The van der Waals surface area contributed by atoms with Crippen molar-refractivity contribution < 1.29 is 8.96 Å². The number of benzene rings is 3. The van der Waals surface area contributed by atoms with Crippen LogP contribution >= 0.6 is 7.29 Å². The molecule has 0 heterocycles. The van der Waals surface area contributed by atoms with E-state index in [1.165, 1.54) is 12.1 Å². The van der Waals surface area contributed by atoms with Crippen molar-refractivity contribution in [2.75, 3.05) is 0 Å². The summed E-state index contributed by atoms with van der Waals surface area (Å²) in [5, 5.41) is 1.36. The molecule has 4 heteroatoms. The molecule has 0 fully saturated rings. The van der Waals surface area contributed by atoms with Gasteiger partial charge in [0.1, 0.15) is 5.82 Å². The summed E-state index contributed by atoms with van der Waals surface area (Å²) < 4.78 is 31.5. The lowest BCUT2D eigenvalue weighted by Gasteiger charge is -2.16. The monoisotopic (exact) mass is 337 g/mol. The number of hydrogen-bond acceptors (Lipinski definition) is 1. The molecule has 3 aromatic carbocycles. The summed E-state index contributed by atoms with van der Waals surface area (Å²) in [6, 6.07) is 24.6. The van der Waals surface area contributed by atoms with Gasteiger partial charge >= 0.3 is 0 Å². The summed E-state index contributed by atoms with van der Waals surface area (Å²) in [5.41, 5.74) is 1.37. The van der Waals surface area contributed by atoms with E-state index in [1.807, 2.05) is 60.7 Å². The third-order valence-electron chi connectivity index (χ3n) is 3.77. The van der Waals surface area contributed by atoms with E-state index in [2.05, 4.69) is 4.76 Å². The molecule has 0 unspecified atom stereocenters. The molecule has 0 aromatic heterocycles. The van der Waals surface area contributed by atoms with Crippen LogP contribution in [0.3, 0.4) is 0 Å². The highest BCUT2D eigenvalue weighted by atomic mass is 31.2. The van der Waals surface area contributed by atoms with Crippen LogP contribution in [0.25, 0.3) is 0 Å². The molecule has 3 aromatic rings. The summed E-state index contributed by atoms with van der Waals surface area (Å²) in [5.74, 6) is -0.305. The third-order valence-corrected chi connectivity index (χ3v) is 6.34.